The number of aliphatic hydroxyl groups is 3. The fraction of sp³-hybridized carbons (Fsp3) is 0.467. The smallest absolute Gasteiger partial charge is 0.335 e. The van der Waals surface area contributed by atoms with Crippen LogP contribution in [-0.2, 0) is 9.53 Å². The van der Waals surface area contributed by atoms with Gasteiger partial charge in [0.05, 0.1) is 12.2 Å². The highest BCUT2D eigenvalue weighted by Gasteiger charge is 2.44. The third kappa shape index (κ3) is 4.37. The van der Waals surface area contributed by atoms with Crippen LogP contribution in [0.5, 0.6) is 5.75 Å². The molecule has 0 radical (unpaired) electrons. The lowest BCUT2D eigenvalue weighted by Gasteiger charge is -2.43. The molecule has 1 aliphatic rings. The number of aromatic hydroxyl groups is 1. The Labute approximate surface area is 142 Å². The van der Waals surface area contributed by atoms with Gasteiger partial charge in [0.15, 0.2) is 6.23 Å². The van der Waals surface area contributed by atoms with Gasteiger partial charge in [-0.1, -0.05) is 0 Å². The molecule has 2 rings (SSSR count). The number of rotatable bonds is 5. The predicted molar refractivity (Wildman–Crippen MR) is 84.1 cm³/mol. The van der Waals surface area contributed by atoms with Gasteiger partial charge in [0.1, 0.15) is 30.1 Å². The summed E-state index contributed by atoms with van der Waals surface area (Å²) in [6, 6.07) is 2.43. The van der Waals surface area contributed by atoms with Crippen molar-refractivity contribution >= 4 is 17.6 Å². The lowest BCUT2D eigenvalue weighted by atomic mass is 9.95. The van der Waals surface area contributed by atoms with Crippen molar-refractivity contribution in [1.29, 1.82) is 0 Å². The zero-order valence-corrected chi connectivity index (χ0v) is 13.3. The third-order valence-corrected chi connectivity index (χ3v) is 3.77. The van der Waals surface area contributed by atoms with E-state index in [-0.39, 0.29) is 17.0 Å². The highest BCUT2D eigenvalue weighted by molar-refractivity contribution is 5.89. The van der Waals surface area contributed by atoms with Crippen molar-refractivity contribution in [3.05, 3.63) is 23.8 Å². The lowest BCUT2D eigenvalue weighted by molar-refractivity contribution is -0.188. The molecule has 0 saturated carbocycles. The Morgan fingerprint density at radius 2 is 1.88 bits per heavy atom. The molecule has 5 atom stereocenters. The quantitative estimate of drug-likeness (QED) is 0.330. The van der Waals surface area contributed by atoms with Crippen LogP contribution in [0.25, 0.3) is 0 Å². The van der Waals surface area contributed by atoms with Gasteiger partial charge in [0, 0.05) is 18.7 Å². The number of anilines is 1. The number of hydrogen-bond acceptors (Lipinski definition) is 8. The van der Waals surface area contributed by atoms with Crippen molar-refractivity contribution in [1.82, 2.24) is 5.32 Å². The number of carboxylic acid groups (broad SMARTS) is 1. The van der Waals surface area contributed by atoms with E-state index >= 15 is 0 Å². The standard InChI is InChI=1S/C15H20N2O8/c1-6(19)16-11-13(22)12(21)10(5-18)25-14(11)17-8-2-7(15(23)24)3-9(20)4-8/h2-4,10-14,17-18,20-22H,5H2,1H3,(H,16,19)(H,23,24)/t10-,11-,12-,13-,14?/m1/s1. The number of carboxylic acids is 1. The van der Waals surface area contributed by atoms with Gasteiger partial charge >= 0.3 is 5.97 Å². The third-order valence-electron chi connectivity index (χ3n) is 3.77. The van der Waals surface area contributed by atoms with Gasteiger partial charge in [-0.25, -0.2) is 4.79 Å². The molecule has 0 bridgehead atoms. The van der Waals surface area contributed by atoms with Gasteiger partial charge in [-0.05, 0) is 12.1 Å². The van der Waals surface area contributed by atoms with E-state index in [2.05, 4.69) is 10.6 Å². The molecule has 0 aliphatic carbocycles. The fourth-order valence-electron chi connectivity index (χ4n) is 2.62. The minimum atomic E-state index is -1.44. The summed E-state index contributed by atoms with van der Waals surface area (Å²) in [6.45, 7) is 0.634. The van der Waals surface area contributed by atoms with Gasteiger partial charge in [-0.3, -0.25) is 4.79 Å². The van der Waals surface area contributed by atoms with Gasteiger partial charge in [-0.15, -0.1) is 0 Å². The molecule has 10 heteroatoms. The summed E-state index contributed by atoms with van der Waals surface area (Å²) >= 11 is 0. The highest BCUT2D eigenvalue weighted by atomic mass is 16.5. The van der Waals surface area contributed by atoms with E-state index in [4.69, 9.17) is 9.84 Å². The van der Waals surface area contributed by atoms with E-state index in [1.165, 1.54) is 19.1 Å². The molecule has 0 aromatic heterocycles. The zero-order valence-electron chi connectivity index (χ0n) is 13.3. The molecule has 0 spiro atoms. The topological polar surface area (TPSA) is 169 Å². The first-order valence-corrected chi connectivity index (χ1v) is 7.46. The Balaban J connectivity index is 2.29. The number of phenolic OH excluding ortho intramolecular Hbond substituents is 1. The number of aliphatic hydroxyl groups excluding tert-OH is 3. The Bertz CT molecular complexity index is 652. The molecule has 1 aromatic carbocycles. The molecule has 1 fully saturated rings. The Morgan fingerprint density at radius 3 is 2.44 bits per heavy atom. The summed E-state index contributed by atoms with van der Waals surface area (Å²) < 4.78 is 5.46. The largest absolute Gasteiger partial charge is 0.508 e. The van der Waals surface area contributed by atoms with E-state index in [0.717, 1.165) is 6.07 Å². The SMILES string of the molecule is CC(=O)N[C@H]1C(Nc2cc(O)cc(C(=O)O)c2)O[C@H](CO)[C@@H](O)[C@@H]1O. The normalized spacial score (nSPS) is 29.0. The maximum atomic E-state index is 11.4. The maximum absolute atomic E-state index is 11.4. The average Bonchev–Trinajstić information content (AvgIpc) is 2.53. The number of phenols is 1. The second kappa shape index (κ2) is 7.66. The van der Waals surface area contributed by atoms with Crippen LogP contribution in [0, 0.1) is 0 Å². The number of benzene rings is 1. The molecule has 1 aliphatic heterocycles. The number of hydrogen-bond donors (Lipinski definition) is 7. The van der Waals surface area contributed by atoms with Crippen molar-refractivity contribution < 1.29 is 39.9 Å². The fourth-order valence-corrected chi connectivity index (χ4v) is 2.62. The molecule has 10 nitrogen and oxygen atoms in total. The van der Waals surface area contributed by atoms with Crippen LogP contribution in [0.2, 0.25) is 0 Å². The summed E-state index contributed by atoms with van der Waals surface area (Å²) in [6.07, 6.45) is -5.08. The minimum Gasteiger partial charge on any atom is -0.508 e. The predicted octanol–water partition coefficient (Wildman–Crippen LogP) is -1.55. The summed E-state index contributed by atoms with van der Waals surface area (Å²) in [4.78, 5) is 22.4. The number of ether oxygens (including phenoxy) is 1. The van der Waals surface area contributed by atoms with Crippen LogP contribution >= 0.6 is 0 Å². The van der Waals surface area contributed by atoms with Gasteiger partial charge in [0.2, 0.25) is 5.91 Å². The molecule has 138 valence electrons. The lowest BCUT2D eigenvalue weighted by Crippen LogP contribution is -2.65. The van der Waals surface area contributed by atoms with Crippen LogP contribution < -0.4 is 10.6 Å². The average molecular weight is 356 g/mol. The summed E-state index contributed by atoms with van der Waals surface area (Å²) in [5.41, 5.74) is -0.0355. The van der Waals surface area contributed by atoms with Gasteiger partial charge in [-0.2, -0.15) is 0 Å². The van der Waals surface area contributed by atoms with Crippen LogP contribution in [0.3, 0.4) is 0 Å². The van der Waals surface area contributed by atoms with Crippen LogP contribution in [0.15, 0.2) is 18.2 Å². The molecular weight excluding hydrogens is 336 g/mol. The molecule has 1 saturated heterocycles. The Hall–Kier alpha value is -2.40. The summed E-state index contributed by atoms with van der Waals surface area (Å²) in [7, 11) is 0. The van der Waals surface area contributed by atoms with E-state index in [0.29, 0.717) is 0 Å². The minimum absolute atomic E-state index is 0.151. The molecule has 1 aromatic rings. The number of nitrogens with one attached hydrogen (secondary N) is 2. The van der Waals surface area contributed by atoms with Crippen molar-refractivity contribution in [2.75, 3.05) is 11.9 Å². The first-order valence-electron chi connectivity index (χ1n) is 7.46. The van der Waals surface area contributed by atoms with Crippen LogP contribution in [-0.4, -0.2) is 74.6 Å². The van der Waals surface area contributed by atoms with Crippen molar-refractivity contribution in [3.8, 4) is 5.75 Å². The van der Waals surface area contributed by atoms with Crippen molar-refractivity contribution in [3.63, 3.8) is 0 Å². The van der Waals surface area contributed by atoms with E-state index < -0.39 is 49.1 Å². The number of amides is 1. The summed E-state index contributed by atoms with van der Waals surface area (Å²) in [5.74, 6) is -2.06. The van der Waals surface area contributed by atoms with E-state index in [9.17, 15) is 30.0 Å². The monoisotopic (exact) mass is 356 g/mol. The Kier molecular flexibility index (Phi) is 5.80. The highest BCUT2D eigenvalue weighted by Crippen LogP contribution is 2.26. The Morgan fingerprint density at radius 1 is 1.20 bits per heavy atom. The van der Waals surface area contributed by atoms with E-state index in [1.54, 1.807) is 0 Å². The van der Waals surface area contributed by atoms with Crippen LogP contribution in [0.4, 0.5) is 5.69 Å². The molecule has 25 heavy (non-hydrogen) atoms. The molecular formula is C15H20N2O8. The molecule has 1 amide bonds. The van der Waals surface area contributed by atoms with Gasteiger partial charge < -0.3 is 40.9 Å². The van der Waals surface area contributed by atoms with E-state index in [1.807, 2.05) is 0 Å². The second-order valence-electron chi connectivity index (χ2n) is 5.70. The number of aromatic carboxylic acids is 1. The second-order valence-corrected chi connectivity index (χ2v) is 5.70. The zero-order chi connectivity index (χ0) is 18.7. The van der Waals surface area contributed by atoms with Crippen molar-refractivity contribution in [2.45, 2.75) is 37.5 Å². The van der Waals surface area contributed by atoms with Gasteiger partial charge in [0.25, 0.3) is 0 Å². The number of carbonyl (C=O) groups excluding carboxylic acids is 1. The molecule has 7 N–H and O–H groups in total. The van der Waals surface area contributed by atoms with Crippen LogP contribution in [0.1, 0.15) is 17.3 Å². The van der Waals surface area contributed by atoms with Crippen molar-refractivity contribution in [2.24, 2.45) is 0 Å². The maximum Gasteiger partial charge on any atom is 0.335 e. The first-order chi connectivity index (χ1) is 11.7. The molecule has 1 heterocycles. The molecule has 1 unspecified atom stereocenters. The summed E-state index contributed by atoms with van der Waals surface area (Å²) in [5, 5.41) is 53.2. The number of carbonyl (C=O) groups is 2. The first kappa shape index (κ1) is 18.9.